The van der Waals surface area contributed by atoms with Crippen molar-refractivity contribution in [1.82, 2.24) is 19.9 Å². The molecule has 4 nitrogen and oxygen atoms in total. The molecule has 58 heavy (non-hydrogen) atoms. The number of rotatable bonds is 6. The molecular formula is C54H34N4. The van der Waals surface area contributed by atoms with Gasteiger partial charge < -0.3 is 0 Å². The lowest BCUT2D eigenvalue weighted by Crippen LogP contribution is -2.00. The van der Waals surface area contributed by atoms with Crippen LogP contribution in [0, 0.1) is 0 Å². The van der Waals surface area contributed by atoms with Gasteiger partial charge >= 0.3 is 0 Å². The summed E-state index contributed by atoms with van der Waals surface area (Å²) < 4.78 is 0. The number of hydrogen-bond donors (Lipinski definition) is 0. The fourth-order valence-corrected chi connectivity index (χ4v) is 8.17. The maximum Gasteiger partial charge on any atom is 0.164 e. The molecular weight excluding hydrogens is 705 g/mol. The van der Waals surface area contributed by atoms with Gasteiger partial charge in [0.1, 0.15) is 0 Å². The second-order valence-electron chi connectivity index (χ2n) is 14.7. The van der Waals surface area contributed by atoms with E-state index < -0.39 is 0 Å². The van der Waals surface area contributed by atoms with E-state index in [2.05, 4.69) is 200 Å². The Bertz CT molecular complexity index is 3220. The quantitative estimate of drug-likeness (QED) is 0.159. The Hall–Kier alpha value is -7.82. The maximum atomic E-state index is 5.20. The van der Waals surface area contributed by atoms with Crippen LogP contribution in [-0.4, -0.2) is 19.9 Å². The Labute approximate surface area is 335 Å². The van der Waals surface area contributed by atoms with E-state index in [9.17, 15) is 0 Å². The van der Waals surface area contributed by atoms with E-state index in [1.807, 2.05) is 6.07 Å². The van der Waals surface area contributed by atoms with Crippen LogP contribution in [0.2, 0.25) is 0 Å². The van der Waals surface area contributed by atoms with E-state index in [0.717, 1.165) is 66.3 Å². The molecule has 0 fully saturated rings. The maximum absolute atomic E-state index is 5.20. The van der Waals surface area contributed by atoms with Crippen molar-refractivity contribution in [2.24, 2.45) is 0 Å². The average Bonchev–Trinajstić information content (AvgIpc) is 3.31. The van der Waals surface area contributed by atoms with Gasteiger partial charge in [-0.1, -0.05) is 182 Å². The Morgan fingerprint density at radius 2 is 0.759 bits per heavy atom. The van der Waals surface area contributed by atoms with E-state index in [1.165, 1.54) is 27.1 Å². The summed E-state index contributed by atoms with van der Waals surface area (Å²) in [5.74, 6) is 1.91. The third-order valence-corrected chi connectivity index (χ3v) is 11.1. The molecule has 11 aromatic rings. The number of nitrogens with zero attached hydrogens (tertiary/aromatic N) is 4. The van der Waals surface area contributed by atoms with Gasteiger partial charge in [0.25, 0.3) is 0 Å². The Morgan fingerprint density at radius 1 is 0.259 bits per heavy atom. The molecule has 0 saturated carbocycles. The first kappa shape index (κ1) is 33.5. The molecule has 270 valence electrons. The van der Waals surface area contributed by atoms with Gasteiger partial charge in [0.2, 0.25) is 0 Å². The zero-order valence-electron chi connectivity index (χ0n) is 31.4. The molecule has 4 heteroatoms. The van der Waals surface area contributed by atoms with Gasteiger partial charge in [-0.2, -0.15) is 0 Å². The van der Waals surface area contributed by atoms with E-state index in [4.69, 9.17) is 19.9 Å². The van der Waals surface area contributed by atoms with E-state index >= 15 is 0 Å². The molecule has 0 aliphatic heterocycles. The van der Waals surface area contributed by atoms with Crippen LogP contribution in [0.3, 0.4) is 0 Å². The number of benzene rings is 9. The number of hydrogen-bond acceptors (Lipinski definition) is 4. The normalized spacial score (nSPS) is 11.4. The number of fused-ring (bicyclic) bond motifs is 5. The van der Waals surface area contributed by atoms with Crippen molar-refractivity contribution in [3.63, 3.8) is 0 Å². The summed E-state index contributed by atoms with van der Waals surface area (Å²) in [7, 11) is 0. The first-order valence-corrected chi connectivity index (χ1v) is 19.5. The smallest absolute Gasteiger partial charge is 0.164 e. The van der Waals surface area contributed by atoms with Gasteiger partial charge in [-0.25, -0.2) is 19.9 Å². The minimum Gasteiger partial charge on any atom is -0.248 e. The highest BCUT2D eigenvalue weighted by Gasteiger charge is 2.17. The van der Waals surface area contributed by atoms with Crippen LogP contribution >= 0.6 is 0 Å². The summed E-state index contributed by atoms with van der Waals surface area (Å²) in [6.07, 6.45) is 0. The predicted octanol–water partition coefficient (Wildman–Crippen LogP) is 13.9. The van der Waals surface area contributed by atoms with Gasteiger partial charge in [0.05, 0.1) is 11.2 Å². The molecule has 2 aromatic heterocycles. The minimum absolute atomic E-state index is 0.629. The van der Waals surface area contributed by atoms with E-state index in [-0.39, 0.29) is 0 Å². The second-order valence-corrected chi connectivity index (χ2v) is 14.7. The van der Waals surface area contributed by atoms with E-state index in [0.29, 0.717) is 17.5 Å². The largest absolute Gasteiger partial charge is 0.248 e. The van der Waals surface area contributed by atoms with Gasteiger partial charge in [0, 0.05) is 27.6 Å². The van der Waals surface area contributed by atoms with Crippen molar-refractivity contribution in [3.8, 4) is 67.7 Å². The van der Waals surface area contributed by atoms with Gasteiger partial charge in [0.15, 0.2) is 17.5 Å². The molecule has 2 heterocycles. The third kappa shape index (κ3) is 6.05. The monoisotopic (exact) mass is 738 g/mol. The van der Waals surface area contributed by atoms with E-state index in [1.54, 1.807) is 0 Å². The zero-order chi connectivity index (χ0) is 38.4. The second kappa shape index (κ2) is 14.0. The van der Waals surface area contributed by atoms with Crippen molar-refractivity contribution >= 4 is 43.2 Å². The van der Waals surface area contributed by atoms with Crippen molar-refractivity contribution in [2.75, 3.05) is 0 Å². The number of aromatic nitrogens is 4. The molecule has 0 saturated heterocycles. The summed E-state index contributed by atoms with van der Waals surface area (Å²) in [4.78, 5) is 20.4. The van der Waals surface area contributed by atoms with Crippen molar-refractivity contribution in [3.05, 3.63) is 206 Å². The van der Waals surface area contributed by atoms with Crippen molar-refractivity contribution in [1.29, 1.82) is 0 Å². The Morgan fingerprint density at radius 3 is 1.38 bits per heavy atom. The lowest BCUT2D eigenvalue weighted by Gasteiger charge is -2.15. The molecule has 0 amide bonds. The van der Waals surface area contributed by atoms with Gasteiger partial charge in [-0.05, 0) is 78.8 Å². The lowest BCUT2D eigenvalue weighted by atomic mass is 9.91. The topological polar surface area (TPSA) is 51.6 Å². The van der Waals surface area contributed by atoms with Crippen LogP contribution in [0.15, 0.2) is 206 Å². The molecule has 0 bridgehead atoms. The minimum atomic E-state index is 0.629. The van der Waals surface area contributed by atoms with Crippen LogP contribution < -0.4 is 0 Å². The van der Waals surface area contributed by atoms with Crippen molar-refractivity contribution in [2.45, 2.75) is 0 Å². The van der Waals surface area contributed by atoms with Gasteiger partial charge in [-0.3, -0.25) is 0 Å². The summed E-state index contributed by atoms with van der Waals surface area (Å²) in [6, 6.07) is 72.4. The van der Waals surface area contributed by atoms with Crippen LogP contribution in [0.5, 0.6) is 0 Å². The van der Waals surface area contributed by atoms with Gasteiger partial charge in [-0.15, -0.1) is 0 Å². The predicted molar refractivity (Wildman–Crippen MR) is 240 cm³/mol. The molecule has 9 aromatic carbocycles. The summed E-state index contributed by atoms with van der Waals surface area (Å²) in [5, 5.41) is 8.13. The molecule has 0 aliphatic rings. The highest BCUT2D eigenvalue weighted by molar-refractivity contribution is 6.17. The molecule has 0 aliphatic carbocycles. The fraction of sp³-hybridized carbons (Fsp3) is 0. The molecule has 0 unspecified atom stereocenters. The Balaban J connectivity index is 1.03. The van der Waals surface area contributed by atoms with Crippen LogP contribution in [0.25, 0.3) is 111 Å². The highest BCUT2D eigenvalue weighted by Crippen LogP contribution is 2.40. The summed E-state index contributed by atoms with van der Waals surface area (Å²) in [5.41, 5.74) is 10.5. The SMILES string of the molecule is c1ccc(-c2cc(-c3ccccc3)c3c(ccc4c(-c5ccc(-c6nc(-c7ccc8ccccc8c7)nc(-c7ccc8ccccc8c7)n6)cc5)cccc43)n2)cc1. The highest BCUT2D eigenvalue weighted by atomic mass is 15.0. The van der Waals surface area contributed by atoms with Crippen LogP contribution in [0.1, 0.15) is 0 Å². The summed E-state index contributed by atoms with van der Waals surface area (Å²) in [6.45, 7) is 0. The molecule has 0 spiro atoms. The summed E-state index contributed by atoms with van der Waals surface area (Å²) >= 11 is 0. The van der Waals surface area contributed by atoms with Crippen LogP contribution in [0.4, 0.5) is 0 Å². The fourth-order valence-electron chi connectivity index (χ4n) is 8.17. The van der Waals surface area contributed by atoms with Crippen LogP contribution in [-0.2, 0) is 0 Å². The molecule has 0 N–H and O–H groups in total. The number of pyridine rings is 1. The lowest BCUT2D eigenvalue weighted by molar-refractivity contribution is 1.08. The molecule has 0 radical (unpaired) electrons. The zero-order valence-corrected chi connectivity index (χ0v) is 31.4. The average molecular weight is 739 g/mol. The standard InChI is InChI=1S/C54H34N4/c1-3-14-37(15-4-1)48-34-50(39-16-5-2-6-17-39)55-49-31-30-46-45(20-11-21-47(46)51(48)49)38-24-26-40(27-25-38)52-56-53(43-28-22-35-12-7-9-18-41(35)32-43)58-54(57-52)44-29-23-36-13-8-10-19-42(36)33-44/h1-34H. The first-order chi connectivity index (χ1) is 28.7. The van der Waals surface area contributed by atoms with Crippen molar-refractivity contribution < 1.29 is 0 Å². The molecule has 0 atom stereocenters. The third-order valence-electron chi connectivity index (χ3n) is 11.1. The Kier molecular flexibility index (Phi) is 8.11. The first-order valence-electron chi connectivity index (χ1n) is 19.5. The molecule has 11 rings (SSSR count).